The predicted octanol–water partition coefficient (Wildman–Crippen LogP) is 1.67. The molecule has 0 N–H and O–H groups in total. The van der Waals surface area contributed by atoms with Crippen molar-refractivity contribution in [3.8, 4) is 0 Å². The van der Waals surface area contributed by atoms with E-state index < -0.39 is 10.1 Å². The molecule has 0 aromatic heterocycles. The van der Waals surface area contributed by atoms with Gasteiger partial charge in [-0.1, -0.05) is 18.2 Å². The van der Waals surface area contributed by atoms with E-state index in [4.69, 9.17) is 0 Å². The van der Waals surface area contributed by atoms with Gasteiger partial charge in [0.25, 0.3) is 10.1 Å². The molecule has 12 heavy (non-hydrogen) atoms. The fourth-order valence-electron chi connectivity index (χ4n) is 0.577. The van der Waals surface area contributed by atoms with Crippen LogP contribution in [0.2, 0.25) is 0 Å². The summed E-state index contributed by atoms with van der Waals surface area (Å²) in [5.74, 6) is 0. The number of rotatable bonds is 3. The number of hydrogen-bond acceptors (Lipinski definition) is 4. The van der Waals surface area contributed by atoms with E-state index >= 15 is 0 Å². The van der Waals surface area contributed by atoms with Crippen LogP contribution >= 0.6 is 12.0 Å². The first-order valence-corrected chi connectivity index (χ1v) is 5.75. The predicted molar refractivity (Wildman–Crippen MR) is 48.2 cm³/mol. The topological polar surface area (TPSA) is 43.4 Å². The van der Waals surface area contributed by atoms with Crippen molar-refractivity contribution in [1.29, 1.82) is 0 Å². The van der Waals surface area contributed by atoms with Crippen LogP contribution in [0.3, 0.4) is 0 Å². The lowest BCUT2D eigenvalue weighted by atomic mass is 10.4. The summed E-state index contributed by atoms with van der Waals surface area (Å²) >= 11 is 0.839. The highest BCUT2D eigenvalue weighted by Crippen LogP contribution is 2.19. The minimum Gasteiger partial charge on any atom is -0.199 e. The van der Waals surface area contributed by atoms with E-state index in [1.54, 1.807) is 12.1 Å². The molecule has 1 aromatic carbocycles. The third kappa shape index (κ3) is 3.75. The van der Waals surface area contributed by atoms with E-state index in [2.05, 4.69) is 3.63 Å². The van der Waals surface area contributed by atoms with Crippen molar-refractivity contribution in [2.24, 2.45) is 0 Å². The molecule has 0 bridgehead atoms. The Hall–Kier alpha value is -0.520. The molecule has 0 amide bonds. The van der Waals surface area contributed by atoms with Gasteiger partial charge in [-0.25, -0.2) is 0 Å². The summed E-state index contributed by atoms with van der Waals surface area (Å²) in [5, 5.41) is 0. The van der Waals surface area contributed by atoms with E-state index in [1.807, 2.05) is 18.2 Å². The molecular formula is C7H8O3S2. The average Bonchev–Trinajstić information content (AvgIpc) is 2.02. The SMILES string of the molecule is CS(=O)(=O)OSc1ccccc1. The van der Waals surface area contributed by atoms with Crippen LogP contribution in [0.1, 0.15) is 0 Å². The Kier molecular flexibility index (Phi) is 3.13. The Balaban J connectivity index is 2.56. The lowest BCUT2D eigenvalue weighted by molar-refractivity contribution is 0.525. The minimum absolute atomic E-state index is 0.767. The van der Waals surface area contributed by atoms with Gasteiger partial charge in [-0.2, -0.15) is 12.0 Å². The average molecular weight is 204 g/mol. The maximum atomic E-state index is 10.6. The van der Waals surface area contributed by atoms with Crippen LogP contribution in [0.4, 0.5) is 0 Å². The van der Waals surface area contributed by atoms with Crippen molar-refractivity contribution < 1.29 is 12.0 Å². The molecule has 0 atom stereocenters. The molecule has 66 valence electrons. The van der Waals surface area contributed by atoms with Gasteiger partial charge in [-0.15, -0.1) is 0 Å². The van der Waals surface area contributed by atoms with Crippen LogP contribution in [0.15, 0.2) is 35.2 Å². The van der Waals surface area contributed by atoms with Crippen molar-refractivity contribution in [3.05, 3.63) is 30.3 Å². The van der Waals surface area contributed by atoms with E-state index in [9.17, 15) is 8.42 Å². The molecule has 0 fully saturated rings. The molecule has 0 aliphatic heterocycles. The highest BCUT2D eigenvalue weighted by Gasteiger charge is 2.02. The van der Waals surface area contributed by atoms with Gasteiger partial charge in [0.2, 0.25) is 0 Å². The second-order valence-electron chi connectivity index (χ2n) is 2.17. The third-order valence-corrected chi connectivity index (χ3v) is 2.72. The summed E-state index contributed by atoms with van der Waals surface area (Å²) in [6.07, 6.45) is 1.02. The monoisotopic (exact) mass is 204 g/mol. The van der Waals surface area contributed by atoms with Gasteiger partial charge in [0.15, 0.2) is 0 Å². The Morgan fingerprint density at radius 1 is 1.25 bits per heavy atom. The molecule has 0 spiro atoms. The van der Waals surface area contributed by atoms with Gasteiger partial charge in [0.05, 0.1) is 6.26 Å². The summed E-state index contributed by atoms with van der Waals surface area (Å²) in [4.78, 5) is 0.767. The largest absolute Gasteiger partial charge is 0.275 e. The smallest absolute Gasteiger partial charge is 0.199 e. The maximum Gasteiger partial charge on any atom is 0.275 e. The number of hydrogen-bond donors (Lipinski definition) is 0. The van der Waals surface area contributed by atoms with Crippen LogP contribution in [-0.4, -0.2) is 14.7 Å². The number of benzene rings is 1. The van der Waals surface area contributed by atoms with Gasteiger partial charge in [0, 0.05) is 16.9 Å². The van der Waals surface area contributed by atoms with Crippen LogP contribution in [0.25, 0.3) is 0 Å². The molecule has 0 aliphatic carbocycles. The standard InChI is InChI=1S/C7H8O3S2/c1-12(8,9)10-11-7-5-3-2-4-6-7/h2-6H,1H3. The van der Waals surface area contributed by atoms with Crippen LogP contribution < -0.4 is 0 Å². The van der Waals surface area contributed by atoms with E-state index in [0.29, 0.717) is 0 Å². The zero-order valence-corrected chi connectivity index (χ0v) is 8.06. The van der Waals surface area contributed by atoms with E-state index in [-0.39, 0.29) is 0 Å². The van der Waals surface area contributed by atoms with Crippen molar-refractivity contribution >= 4 is 22.2 Å². The fraction of sp³-hybridized carbons (Fsp3) is 0.143. The van der Waals surface area contributed by atoms with Crippen LogP contribution in [-0.2, 0) is 13.7 Å². The second kappa shape index (κ2) is 3.93. The van der Waals surface area contributed by atoms with Crippen molar-refractivity contribution in [2.45, 2.75) is 4.90 Å². The fourth-order valence-corrected chi connectivity index (χ4v) is 1.65. The van der Waals surface area contributed by atoms with Gasteiger partial charge in [0.1, 0.15) is 0 Å². The molecule has 0 heterocycles. The Bertz CT molecular complexity index is 331. The van der Waals surface area contributed by atoms with Crippen LogP contribution in [0, 0.1) is 0 Å². The van der Waals surface area contributed by atoms with Crippen molar-refractivity contribution in [1.82, 2.24) is 0 Å². The summed E-state index contributed by atoms with van der Waals surface area (Å²) in [6, 6.07) is 9.03. The molecule has 1 aromatic rings. The lowest BCUT2D eigenvalue weighted by Crippen LogP contribution is -1.94. The molecule has 1 rings (SSSR count). The summed E-state index contributed by atoms with van der Waals surface area (Å²) in [6.45, 7) is 0. The lowest BCUT2D eigenvalue weighted by Gasteiger charge is -1.97. The quantitative estimate of drug-likeness (QED) is 0.702. The van der Waals surface area contributed by atoms with Gasteiger partial charge in [-0.05, 0) is 12.1 Å². The van der Waals surface area contributed by atoms with Gasteiger partial charge >= 0.3 is 0 Å². The first-order valence-electron chi connectivity index (χ1n) is 3.19. The molecular weight excluding hydrogens is 196 g/mol. The summed E-state index contributed by atoms with van der Waals surface area (Å²) in [7, 11) is -3.36. The Labute approximate surface area is 76.1 Å². The highest BCUT2D eigenvalue weighted by atomic mass is 32.3. The first kappa shape index (κ1) is 9.57. The highest BCUT2D eigenvalue weighted by molar-refractivity contribution is 8.04. The molecule has 0 unspecified atom stereocenters. The molecule has 0 saturated carbocycles. The van der Waals surface area contributed by atoms with Gasteiger partial charge < -0.3 is 0 Å². The Morgan fingerprint density at radius 2 is 1.83 bits per heavy atom. The van der Waals surface area contributed by atoms with Crippen LogP contribution in [0.5, 0.6) is 0 Å². The van der Waals surface area contributed by atoms with E-state index in [0.717, 1.165) is 23.2 Å². The van der Waals surface area contributed by atoms with E-state index in [1.165, 1.54) is 0 Å². The molecule has 3 nitrogen and oxygen atoms in total. The molecule has 0 saturated heterocycles. The van der Waals surface area contributed by atoms with Gasteiger partial charge in [-0.3, -0.25) is 0 Å². The van der Waals surface area contributed by atoms with Crippen molar-refractivity contribution in [2.75, 3.05) is 6.26 Å². The Morgan fingerprint density at radius 3 is 2.33 bits per heavy atom. The van der Waals surface area contributed by atoms with Crippen molar-refractivity contribution in [3.63, 3.8) is 0 Å². The normalized spacial score (nSPS) is 11.4. The zero-order chi connectivity index (χ0) is 9.03. The molecule has 0 aliphatic rings. The third-order valence-electron chi connectivity index (χ3n) is 0.997. The summed E-state index contributed by atoms with van der Waals surface area (Å²) < 4.78 is 25.6. The second-order valence-corrected chi connectivity index (χ2v) is 4.76. The minimum atomic E-state index is -3.36. The first-order chi connectivity index (χ1) is 5.58. The molecule has 5 heteroatoms. The molecule has 0 radical (unpaired) electrons. The zero-order valence-electron chi connectivity index (χ0n) is 6.43. The maximum absolute atomic E-state index is 10.6. The summed E-state index contributed by atoms with van der Waals surface area (Å²) in [5.41, 5.74) is 0.